The number of carbonyl (C=O) groups is 2. The smallest absolute Gasteiger partial charge is 0.220 e. The van der Waals surface area contributed by atoms with E-state index in [1.807, 2.05) is 6.92 Å². The summed E-state index contributed by atoms with van der Waals surface area (Å²) < 4.78 is 10.3. The van der Waals surface area contributed by atoms with Crippen molar-refractivity contribution in [3.05, 3.63) is 0 Å². The zero-order valence-electron chi connectivity index (χ0n) is 10.8. The van der Waals surface area contributed by atoms with Gasteiger partial charge in [-0.25, -0.2) is 0 Å². The Morgan fingerprint density at radius 1 is 1.06 bits per heavy atom. The SMILES string of the molecule is CCCC(=O)NCCOCCOCC(=O)CC. The molecule has 0 bridgehead atoms. The first-order valence-electron chi connectivity index (χ1n) is 6.14. The predicted molar refractivity (Wildman–Crippen MR) is 64.9 cm³/mol. The zero-order chi connectivity index (χ0) is 12.9. The molecule has 17 heavy (non-hydrogen) atoms. The summed E-state index contributed by atoms with van der Waals surface area (Å²) in [5.41, 5.74) is 0. The molecule has 0 aromatic rings. The molecule has 0 aliphatic carbocycles. The Balaban J connectivity index is 3.13. The van der Waals surface area contributed by atoms with Crippen molar-refractivity contribution < 1.29 is 19.1 Å². The number of Topliss-reactive ketones (excluding diaryl/α,β-unsaturated/α-hetero) is 1. The van der Waals surface area contributed by atoms with Crippen LogP contribution in [0.1, 0.15) is 33.1 Å². The normalized spacial score (nSPS) is 10.2. The lowest BCUT2D eigenvalue weighted by atomic mass is 10.3. The summed E-state index contributed by atoms with van der Waals surface area (Å²) >= 11 is 0. The topological polar surface area (TPSA) is 64.6 Å². The van der Waals surface area contributed by atoms with E-state index in [9.17, 15) is 9.59 Å². The van der Waals surface area contributed by atoms with Gasteiger partial charge in [0.25, 0.3) is 0 Å². The maximum atomic E-state index is 11.1. The second-order valence-electron chi connectivity index (χ2n) is 3.66. The van der Waals surface area contributed by atoms with Crippen molar-refractivity contribution in [2.45, 2.75) is 33.1 Å². The van der Waals surface area contributed by atoms with Gasteiger partial charge in [0.1, 0.15) is 6.61 Å². The highest BCUT2D eigenvalue weighted by Crippen LogP contribution is 1.86. The fourth-order valence-corrected chi connectivity index (χ4v) is 1.09. The van der Waals surface area contributed by atoms with Gasteiger partial charge >= 0.3 is 0 Å². The van der Waals surface area contributed by atoms with Gasteiger partial charge in [0.05, 0.1) is 19.8 Å². The van der Waals surface area contributed by atoms with E-state index in [0.717, 1.165) is 6.42 Å². The van der Waals surface area contributed by atoms with Crippen molar-refractivity contribution in [3.8, 4) is 0 Å². The van der Waals surface area contributed by atoms with E-state index < -0.39 is 0 Å². The third-order valence-corrected chi connectivity index (χ3v) is 2.08. The van der Waals surface area contributed by atoms with Gasteiger partial charge in [-0.15, -0.1) is 0 Å². The molecule has 5 heteroatoms. The number of hydrogen-bond donors (Lipinski definition) is 1. The highest BCUT2D eigenvalue weighted by Gasteiger charge is 1.99. The fourth-order valence-electron chi connectivity index (χ4n) is 1.09. The Bertz CT molecular complexity index is 219. The predicted octanol–water partition coefficient (Wildman–Crippen LogP) is 0.915. The summed E-state index contributed by atoms with van der Waals surface area (Å²) in [5.74, 6) is 0.151. The summed E-state index contributed by atoms with van der Waals surface area (Å²) in [6, 6.07) is 0. The van der Waals surface area contributed by atoms with Crippen molar-refractivity contribution in [2.24, 2.45) is 0 Å². The van der Waals surface area contributed by atoms with Crippen LogP contribution in [0.4, 0.5) is 0 Å². The van der Waals surface area contributed by atoms with Crippen LogP contribution in [-0.4, -0.2) is 44.7 Å². The monoisotopic (exact) mass is 245 g/mol. The van der Waals surface area contributed by atoms with E-state index in [1.54, 1.807) is 6.92 Å². The standard InChI is InChI=1S/C12H23NO4/c1-3-5-12(15)13-6-7-16-8-9-17-10-11(14)4-2/h3-10H2,1-2H3,(H,13,15). The molecule has 1 amide bonds. The van der Waals surface area contributed by atoms with Crippen LogP contribution in [0.2, 0.25) is 0 Å². The van der Waals surface area contributed by atoms with Crippen LogP contribution < -0.4 is 5.32 Å². The molecular formula is C12H23NO4. The average molecular weight is 245 g/mol. The summed E-state index contributed by atoms with van der Waals surface area (Å²) in [7, 11) is 0. The Morgan fingerprint density at radius 2 is 1.76 bits per heavy atom. The molecule has 0 aliphatic heterocycles. The molecule has 0 unspecified atom stereocenters. The molecule has 0 heterocycles. The molecule has 0 aliphatic rings. The lowest BCUT2D eigenvalue weighted by Crippen LogP contribution is -2.27. The van der Waals surface area contributed by atoms with Crippen LogP contribution in [-0.2, 0) is 19.1 Å². The molecule has 1 N–H and O–H groups in total. The van der Waals surface area contributed by atoms with Crippen molar-refractivity contribution in [2.75, 3.05) is 33.0 Å². The number of ketones is 1. The number of hydrogen-bond acceptors (Lipinski definition) is 4. The summed E-state index contributed by atoms with van der Waals surface area (Å²) in [5, 5.41) is 2.74. The second-order valence-corrected chi connectivity index (χ2v) is 3.66. The number of nitrogens with one attached hydrogen (secondary N) is 1. The first-order valence-corrected chi connectivity index (χ1v) is 6.14. The van der Waals surface area contributed by atoms with E-state index in [4.69, 9.17) is 9.47 Å². The van der Waals surface area contributed by atoms with Crippen molar-refractivity contribution in [1.29, 1.82) is 0 Å². The summed E-state index contributed by atoms with van der Waals surface area (Å²) in [4.78, 5) is 21.9. The van der Waals surface area contributed by atoms with Gasteiger partial charge in [-0.05, 0) is 6.42 Å². The van der Waals surface area contributed by atoms with E-state index >= 15 is 0 Å². The molecule has 0 aromatic heterocycles. The summed E-state index contributed by atoms with van der Waals surface area (Å²) in [6.45, 7) is 5.78. The van der Waals surface area contributed by atoms with Gasteiger partial charge in [-0.3, -0.25) is 9.59 Å². The number of carbonyl (C=O) groups excluding carboxylic acids is 2. The van der Waals surface area contributed by atoms with E-state index in [2.05, 4.69) is 5.32 Å². The Labute approximate surface area is 103 Å². The van der Waals surface area contributed by atoms with Crippen molar-refractivity contribution >= 4 is 11.7 Å². The van der Waals surface area contributed by atoms with Gasteiger partial charge in [0, 0.05) is 19.4 Å². The first-order chi connectivity index (χ1) is 8.20. The first kappa shape index (κ1) is 16.1. The van der Waals surface area contributed by atoms with Crippen LogP contribution in [0.3, 0.4) is 0 Å². The van der Waals surface area contributed by atoms with E-state index in [-0.39, 0.29) is 18.3 Å². The highest BCUT2D eigenvalue weighted by molar-refractivity contribution is 5.79. The van der Waals surface area contributed by atoms with E-state index in [1.165, 1.54) is 0 Å². The zero-order valence-corrected chi connectivity index (χ0v) is 10.8. The number of ether oxygens (including phenoxy) is 2. The van der Waals surface area contributed by atoms with Crippen LogP contribution in [0.15, 0.2) is 0 Å². The van der Waals surface area contributed by atoms with Crippen molar-refractivity contribution in [3.63, 3.8) is 0 Å². The van der Waals surface area contributed by atoms with Crippen LogP contribution >= 0.6 is 0 Å². The van der Waals surface area contributed by atoms with Crippen LogP contribution in [0.5, 0.6) is 0 Å². The van der Waals surface area contributed by atoms with Gasteiger partial charge < -0.3 is 14.8 Å². The van der Waals surface area contributed by atoms with Gasteiger partial charge in [0.15, 0.2) is 5.78 Å². The minimum Gasteiger partial charge on any atom is -0.377 e. The second kappa shape index (κ2) is 11.5. The van der Waals surface area contributed by atoms with Crippen molar-refractivity contribution in [1.82, 2.24) is 5.32 Å². The lowest BCUT2D eigenvalue weighted by Gasteiger charge is -2.06. The third-order valence-electron chi connectivity index (χ3n) is 2.08. The molecule has 0 fully saturated rings. The minimum atomic E-state index is 0.0564. The molecule has 0 spiro atoms. The Kier molecular flexibility index (Phi) is 10.9. The average Bonchev–Trinajstić information content (AvgIpc) is 2.32. The van der Waals surface area contributed by atoms with E-state index in [0.29, 0.717) is 39.2 Å². The lowest BCUT2D eigenvalue weighted by molar-refractivity contribution is -0.124. The quantitative estimate of drug-likeness (QED) is 0.550. The third kappa shape index (κ3) is 11.3. The molecule has 0 saturated carbocycles. The molecule has 0 rings (SSSR count). The molecule has 0 saturated heterocycles. The largest absolute Gasteiger partial charge is 0.377 e. The highest BCUT2D eigenvalue weighted by atomic mass is 16.5. The molecule has 5 nitrogen and oxygen atoms in total. The fraction of sp³-hybridized carbons (Fsp3) is 0.833. The Hall–Kier alpha value is -0.940. The minimum absolute atomic E-state index is 0.0564. The maximum absolute atomic E-state index is 11.1. The molecule has 100 valence electrons. The summed E-state index contributed by atoms with van der Waals surface area (Å²) in [6.07, 6.45) is 1.92. The molecule has 0 aromatic carbocycles. The molecule has 0 atom stereocenters. The molecule has 0 radical (unpaired) electrons. The van der Waals surface area contributed by atoms with Gasteiger partial charge in [0.2, 0.25) is 5.91 Å². The maximum Gasteiger partial charge on any atom is 0.220 e. The van der Waals surface area contributed by atoms with Crippen LogP contribution in [0.25, 0.3) is 0 Å². The number of amides is 1. The van der Waals surface area contributed by atoms with Gasteiger partial charge in [-0.1, -0.05) is 13.8 Å². The van der Waals surface area contributed by atoms with Gasteiger partial charge in [-0.2, -0.15) is 0 Å². The van der Waals surface area contributed by atoms with Crippen LogP contribution in [0, 0.1) is 0 Å². The number of rotatable bonds is 11. The molecular weight excluding hydrogens is 222 g/mol. The Morgan fingerprint density at radius 3 is 2.41 bits per heavy atom.